The molecule has 25 heavy (non-hydrogen) atoms. The quantitative estimate of drug-likeness (QED) is 0.848. The summed E-state index contributed by atoms with van der Waals surface area (Å²) in [6, 6.07) is 7.83. The van der Waals surface area contributed by atoms with Crippen LogP contribution in [0.2, 0.25) is 0 Å². The molecule has 2 aliphatic heterocycles. The molecule has 0 unspecified atom stereocenters. The first-order valence-corrected chi connectivity index (χ1v) is 8.41. The van der Waals surface area contributed by atoms with Crippen molar-refractivity contribution >= 4 is 6.09 Å². The summed E-state index contributed by atoms with van der Waals surface area (Å²) < 4.78 is 16.4. The van der Waals surface area contributed by atoms with Gasteiger partial charge in [0.05, 0.1) is 24.4 Å². The molecule has 0 radical (unpaired) electrons. The number of aromatic nitrogens is 1. The number of carbonyl (C=O) groups excluding carboxylic acids is 1. The van der Waals surface area contributed by atoms with Crippen molar-refractivity contribution in [3.63, 3.8) is 0 Å². The van der Waals surface area contributed by atoms with Crippen molar-refractivity contribution in [1.82, 2.24) is 14.8 Å². The van der Waals surface area contributed by atoms with Gasteiger partial charge in [0, 0.05) is 26.2 Å². The van der Waals surface area contributed by atoms with Gasteiger partial charge in [0.1, 0.15) is 18.1 Å². The number of aryl methyl sites for hydroxylation is 1. The molecule has 2 aromatic rings. The summed E-state index contributed by atoms with van der Waals surface area (Å²) in [5, 5.41) is 0. The van der Waals surface area contributed by atoms with E-state index < -0.39 is 0 Å². The predicted molar refractivity (Wildman–Crippen MR) is 90.3 cm³/mol. The van der Waals surface area contributed by atoms with Crippen molar-refractivity contribution in [2.45, 2.75) is 19.5 Å². The number of nitrogens with zero attached hydrogens (tertiary/aromatic N) is 3. The Kier molecular flexibility index (Phi) is 4.09. The number of cyclic esters (lactones) is 1. The molecule has 0 saturated carbocycles. The lowest BCUT2D eigenvalue weighted by molar-refractivity contribution is 0.114. The second-order valence-electron chi connectivity index (χ2n) is 6.38. The Bertz CT molecular complexity index is 788. The molecule has 1 atom stereocenters. The van der Waals surface area contributed by atoms with Gasteiger partial charge in [-0.1, -0.05) is 12.1 Å². The zero-order valence-electron chi connectivity index (χ0n) is 14.4. The van der Waals surface area contributed by atoms with E-state index in [9.17, 15) is 4.79 Å². The van der Waals surface area contributed by atoms with Gasteiger partial charge in [-0.15, -0.1) is 0 Å². The number of hydrogen-bond acceptors (Lipinski definition) is 6. The van der Waals surface area contributed by atoms with Crippen molar-refractivity contribution in [2.75, 3.05) is 33.4 Å². The van der Waals surface area contributed by atoms with Crippen LogP contribution in [0.25, 0.3) is 11.5 Å². The van der Waals surface area contributed by atoms with Crippen LogP contribution >= 0.6 is 0 Å². The summed E-state index contributed by atoms with van der Waals surface area (Å²) in [4.78, 5) is 20.4. The summed E-state index contributed by atoms with van der Waals surface area (Å²) in [5.74, 6) is 2.12. The zero-order valence-corrected chi connectivity index (χ0v) is 14.4. The van der Waals surface area contributed by atoms with Crippen LogP contribution in [0, 0.1) is 6.92 Å². The molecule has 4 rings (SSSR count). The van der Waals surface area contributed by atoms with Gasteiger partial charge >= 0.3 is 6.09 Å². The van der Waals surface area contributed by atoms with Gasteiger partial charge in [0.15, 0.2) is 0 Å². The monoisotopic (exact) mass is 343 g/mol. The maximum absolute atomic E-state index is 11.6. The van der Waals surface area contributed by atoms with Crippen LogP contribution in [0.15, 0.2) is 28.7 Å². The lowest BCUT2D eigenvalue weighted by Gasteiger charge is -2.34. The molecule has 0 N–H and O–H groups in total. The number of piperazine rings is 1. The number of ether oxygens (including phenoxy) is 2. The number of oxazole rings is 1. The smallest absolute Gasteiger partial charge is 0.410 e. The van der Waals surface area contributed by atoms with E-state index in [-0.39, 0.29) is 12.1 Å². The van der Waals surface area contributed by atoms with E-state index in [2.05, 4.69) is 9.88 Å². The SMILES string of the molecule is COc1ccccc1-c1nc(CN2CCN3C(=O)OC[C@H]3C2)c(C)o1. The van der Waals surface area contributed by atoms with Gasteiger partial charge in [-0.2, -0.15) is 0 Å². The fourth-order valence-electron chi connectivity index (χ4n) is 3.42. The number of benzene rings is 1. The maximum atomic E-state index is 11.6. The summed E-state index contributed by atoms with van der Waals surface area (Å²) in [6.07, 6.45) is -0.194. The van der Waals surface area contributed by atoms with Crippen LogP contribution in [0.5, 0.6) is 5.75 Å². The molecule has 0 bridgehead atoms. The van der Waals surface area contributed by atoms with Crippen molar-refractivity contribution in [3.8, 4) is 17.2 Å². The molecule has 0 aliphatic carbocycles. The minimum atomic E-state index is -0.194. The van der Waals surface area contributed by atoms with Gasteiger partial charge in [-0.05, 0) is 19.1 Å². The fourth-order valence-corrected chi connectivity index (χ4v) is 3.42. The molecular formula is C18H21N3O4. The summed E-state index contributed by atoms with van der Waals surface area (Å²) in [6.45, 7) is 5.39. The van der Waals surface area contributed by atoms with Crippen LogP contribution in [0.4, 0.5) is 4.79 Å². The second-order valence-corrected chi connectivity index (χ2v) is 6.38. The fraction of sp³-hybridized carbons (Fsp3) is 0.444. The van der Waals surface area contributed by atoms with Crippen LogP contribution in [0.1, 0.15) is 11.5 Å². The minimum absolute atomic E-state index is 0.141. The molecule has 2 aliphatic rings. The van der Waals surface area contributed by atoms with Gasteiger partial charge < -0.3 is 13.9 Å². The highest BCUT2D eigenvalue weighted by Gasteiger charge is 2.37. The topological polar surface area (TPSA) is 68.0 Å². The van der Waals surface area contributed by atoms with E-state index in [0.717, 1.165) is 35.9 Å². The summed E-state index contributed by atoms with van der Waals surface area (Å²) in [5.41, 5.74) is 1.76. The molecule has 0 spiro atoms. The molecule has 1 aromatic heterocycles. The number of para-hydroxylation sites is 1. The van der Waals surface area contributed by atoms with Gasteiger partial charge in [-0.25, -0.2) is 9.78 Å². The molecule has 1 amide bonds. The Hall–Kier alpha value is -2.54. The van der Waals surface area contributed by atoms with E-state index in [1.165, 1.54) is 0 Å². The number of carbonyl (C=O) groups is 1. The van der Waals surface area contributed by atoms with Crippen molar-refractivity contribution in [3.05, 3.63) is 35.7 Å². The maximum Gasteiger partial charge on any atom is 0.410 e. The standard InChI is InChI=1S/C18H21N3O4/c1-12-15(10-20-7-8-21-13(9-20)11-24-18(21)22)19-17(25-12)14-5-3-4-6-16(14)23-2/h3-6,13H,7-11H2,1-2H3/t13-/m1/s1. The highest BCUT2D eigenvalue weighted by atomic mass is 16.6. The Morgan fingerprint density at radius 3 is 3.00 bits per heavy atom. The number of rotatable bonds is 4. The van der Waals surface area contributed by atoms with Crippen molar-refractivity contribution in [2.24, 2.45) is 0 Å². The van der Waals surface area contributed by atoms with Crippen LogP contribution in [0.3, 0.4) is 0 Å². The lowest BCUT2D eigenvalue weighted by atomic mass is 10.2. The Balaban J connectivity index is 1.51. The van der Waals surface area contributed by atoms with Crippen molar-refractivity contribution < 1.29 is 18.7 Å². The molecular weight excluding hydrogens is 322 g/mol. The Morgan fingerprint density at radius 1 is 1.32 bits per heavy atom. The van der Waals surface area contributed by atoms with Crippen LogP contribution < -0.4 is 4.74 Å². The minimum Gasteiger partial charge on any atom is -0.496 e. The number of fused-ring (bicyclic) bond motifs is 1. The summed E-state index contributed by atoms with van der Waals surface area (Å²) >= 11 is 0. The van der Waals surface area contributed by atoms with E-state index in [4.69, 9.17) is 13.9 Å². The highest BCUT2D eigenvalue weighted by molar-refractivity contribution is 5.70. The average molecular weight is 343 g/mol. The van der Waals surface area contributed by atoms with E-state index in [1.54, 1.807) is 7.11 Å². The molecule has 2 fully saturated rings. The highest BCUT2D eigenvalue weighted by Crippen LogP contribution is 2.30. The first-order valence-electron chi connectivity index (χ1n) is 8.41. The third-order valence-electron chi connectivity index (χ3n) is 4.80. The second kappa shape index (κ2) is 6.40. The molecule has 1 aromatic carbocycles. The van der Waals surface area contributed by atoms with E-state index in [0.29, 0.717) is 25.6 Å². The average Bonchev–Trinajstić information content (AvgIpc) is 3.18. The van der Waals surface area contributed by atoms with Crippen LogP contribution in [-0.4, -0.2) is 60.3 Å². The largest absolute Gasteiger partial charge is 0.496 e. The first-order chi connectivity index (χ1) is 12.2. The molecule has 132 valence electrons. The Morgan fingerprint density at radius 2 is 2.16 bits per heavy atom. The third-order valence-corrected chi connectivity index (χ3v) is 4.80. The number of amides is 1. The number of hydrogen-bond donors (Lipinski definition) is 0. The van der Waals surface area contributed by atoms with Gasteiger partial charge in [0.2, 0.25) is 5.89 Å². The van der Waals surface area contributed by atoms with Crippen LogP contribution in [-0.2, 0) is 11.3 Å². The van der Waals surface area contributed by atoms with Gasteiger partial charge in [0.25, 0.3) is 0 Å². The summed E-state index contributed by atoms with van der Waals surface area (Å²) in [7, 11) is 1.64. The molecule has 7 nitrogen and oxygen atoms in total. The number of methoxy groups -OCH3 is 1. The Labute approximate surface area is 146 Å². The van der Waals surface area contributed by atoms with E-state index in [1.807, 2.05) is 36.1 Å². The van der Waals surface area contributed by atoms with Crippen molar-refractivity contribution in [1.29, 1.82) is 0 Å². The third kappa shape index (κ3) is 2.95. The normalized spacial score (nSPS) is 20.5. The van der Waals surface area contributed by atoms with E-state index >= 15 is 0 Å². The molecule has 3 heterocycles. The molecule has 7 heteroatoms. The first kappa shape index (κ1) is 16.0. The molecule has 2 saturated heterocycles. The zero-order chi connectivity index (χ0) is 17.4. The predicted octanol–water partition coefficient (Wildman–Crippen LogP) is 2.30. The van der Waals surface area contributed by atoms with Gasteiger partial charge in [-0.3, -0.25) is 9.80 Å². The lowest BCUT2D eigenvalue weighted by Crippen LogP contribution is -2.51.